The summed E-state index contributed by atoms with van der Waals surface area (Å²) in [4.78, 5) is 32.2. The van der Waals surface area contributed by atoms with Gasteiger partial charge >= 0.3 is 0 Å². The van der Waals surface area contributed by atoms with Crippen LogP contribution in [0.5, 0.6) is 11.5 Å². The molecule has 9 heteroatoms. The van der Waals surface area contributed by atoms with Crippen molar-refractivity contribution in [3.8, 4) is 11.5 Å². The van der Waals surface area contributed by atoms with E-state index in [1.54, 1.807) is 35.0 Å². The maximum absolute atomic E-state index is 13.8. The number of benzene rings is 3. The molecule has 0 aromatic heterocycles. The van der Waals surface area contributed by atoms with Crippen molar-refractivity contribution in [3.05, 3.63) is 89.2 Å². The molecule has 2 aliphatic heterocycles. The van der Waals surface area contributed by atoms with Gasteiger partial charge in [-0.15, -0.1) is 0 Å². The van der Waals surface area contributed by atoms with Gasteiger partial charge in [-0.05, 0) is 54.4 Å². The van der Waals surface area contributed by atoms with Gasteiger partial charge in [-0.1, -0.05) is 24.3 Å². The fourth-order valence-electron chi connectivity index (χ4n) is 5.24. The Morgan fingerprint density at radius 3 is 2.60 bits per heavy atom. The first-order chi connectivity index (χ1) is 20.5. The van der Waals surface area contributed by atoms with Gasteiger partial charge < -0.3 is 28.9 Å². The summed E-state index contributed by atoms with van der Waals surface area (Å²) >= 11 is 0. The second-order valence-corrected chi connectivity index (χ2v) is 10.6. The maximum Gasteiger partial charge on any atom is 0.253 e. The number of nitrogens with zero attached hydrogens (tertiary/aromatic N) is 3. The molecule has 8 nitrogen and oxygen atoms in total. The number of amides is 2. The normalized spacial score (nSPS) is 16.3. The Hall–Kier alpha value is -4.11. The summed E-state index contributed by atoms with van der Waals surface area (Å²) in [5.41, 5.74) is 3.78. The predicted octanol–water partition coefficient (Wildman–Crippen LogP) is 4.41. The fourth-order valence-corrected chi connectivity index (χ4v) is 5.24. The van der Waals surface area contributed by atoms with Gasteiger partial charge in [0.2, 0.25) is 5.91 Å². The number of hydrogen-bond donors (Lipinski definition) is 0. The van der Waals surface area contributed by atoms with Gasteiger partial charge in [-0.25, -0.2) is 4.39 Å². The van der Waals surface area contributed by atoms with Crippen molar-refractivity contribution in [2.75, 3.05) is 71.1 Å². The number of para-hydroxylation sites is 1. The van der Waals surface area contributed by atoms with Crippen LogP contribution in [0.2, 0.25) is 0 Å². The molecule has 0 radical (unpaired) electrons. The number of ether oxygens (including phenoxy) is 3. The molecule has 0 N–H and O–H groups in total. The van der Waals surface area contributed by atoms with Crippen LogP contribution >= 0.6 is 0 Å². The topological polar surface area (TPSA) is 71.6 Å². The van der Waals surface area contributed by atoms with E-state index in [1.165, 1.54) is 6.07 Å². The molecule has 3 aromatic rings. The number of halogens is 1. The second-order valence-electron chi connectivity index (χ2n) is 10.6. The smallest absolute Gasteiger partial charge is 0.253 e. The molecule has 1 fully saturated rings. The van der Waals surface area contributed by atoms with E-state index in [0.717, 1.165) is 35.7 Å². The lowest BCUT2D eigenvalue weighted by Gasteiger charge is -2.30. The number of fused-ring (bicyclic) bond motifs is 3. The van der Waals surface area contributed by atoms with Crippen LogP contribution in [0.1, 0.15) is 34.3 Å². The van der Waals surface area contributed by atoms with Crippen molar-refractivity contribution >= 4 is 17.5 Å². The highest BCUT2D eigenvalue weighted by atomic mass is 19.1. The molecule has 2 bridgehead atoms. The van der Waals surface area contributed by atoms with Gasteiger partial charge in [0.25, 0.3) is 5.91 Å². The van der Waals surface area contributed by atoms with Gasteiger partial charge in [0.1, 0.15) is 12.4 Å². The SMILES string of the molecule is CN1CCN(C(=O)CCCOc2ccccc2F)CCOc2ccc(N3CCOCC3)cc2Cc2cccc(c2)C1=O. The molecule has 5 rings (SSSR count). The van der Waals surface area contributed by atoms with Crippen LogP contribution in [0.25, 0.3) is 0 Å². The average molecular weight is 576 g/mol. The number of hydrogen-bond acceptors (Lipinski definition) is 6. The summed E-state index contributed by atoms with van der Waals surface area (Å²) in [7, 11) is 1.76. The largest absolute Gasteiger partial charge is 0.491 e. The standard InChI is InChI=1S/C33H38FN3O5/c1-35-13-14-37(32(38)10-5-18-41-31-9-3-2-8-29(31)34)17-21-42-30-12-11-28(36-15-19-40-20-16-36)24-27(30)23-25-6-4-7-26(22-25)33(35)39/h2-4,6-9,11-12,22,24H,5,10,13-21,23H2,1H3. The van der Waals surface area contributed by atoms with Gasteiger partial charge in [0.15, 0.2) is 11.6 Å². The van der Waals surface area contributed by atoms with Gasteiger partial charge in [0.05, 0.1) is 26.4 Å². The Bertz CT molecular complexity index is 1380. The number of rotatable bonds is 6. The highest BCUT2D eigenvalue weighted by Gasteiger charge is 2.20. The average Bonchev–Trinajstić information content (AvgIpc) is 3.02. The van der Waals surface area contributed by atoms with E-state index in [0.29, 0.717) is 57.9 Å². The molecule has 0 spiro atoms. The zero-order chi connectivity index (χ0) is 29.3. The number of anilines is 1. The molecular weight excluding hydrogens is 537 g/mol. The Morgan fingerprint density at radius 2 is 1.76 bits per heavy atom. The molecule has 3 aromatic carbocycles. The first-order valence-corrected chi connectivity index (χ1v) is 14.6. The molecule has 2 heterocycles. The molecule has 42 heavy (non-hydrogen) atoms. The highest BCUT2D eigenvalue weighted by Crippen LogP contribution is 2.29. The molecule has 222 valence electrons. The van der Waals surface area contributed by atoms with Crippen LogP contribution in [0, 0.1) is 5.82 Å². The van der Waals surface area contributed by atoms with Crippen molar-refractivity contribution in [1.29, 1.82) is 0 Å². The van der Waals surface area contributed by atoms with E-state index in [-0.39, 0.29) is 30.6 Å². The van der Waals surface area contributed by atoms with Crippen molar-refractivity contribution in [3.63, 3.8) is 0 Å². The Kier molecular flexibility index (Phi) is 9.92. The van der Waals surface area contributed by atoms with Crippen LogP contribution < -0.4 is 14.4 Å². The lowest BCUT2D eigenvalue weighted by atomic mass is 10.0. The Balaban J connectivity index is 1.31. The molecular formula is C33H38FN3O5. The monoisotopic (exact) mass is 575 g/mol. The first kappa shape index (κ1) is 29.4. The third-order valence-corrected chi connectivity index (χ3v) is 7.64. The summed E-state index contributed by atoms with van der Waals surface area (Å²) in [6, 6.07) is 20.2. The lowest BCUT2D eigenvalue weighted by Crippen LogP contribution is -2.41. The minimum absolute atomic E-state index is 0.0615. The van der Waals surface area contributed by atoms with E-state index in [2.05, 4.69) is 17.0 Å². The summed E-state index contributed by atoms with van der Waals surface area (Å²) in [5, 5.41) is 0. The van der Waals surface area contributed by atoms with E-state index in [4.69, 9.17) is 14.2 Å². The Morgan fingerprint density at radius 1 is 0.929 bits per heavy atom. The zero-order valence-corrected chi connectivity index (χ0v) is 24.1. The van der Waals surface area contributed by atoms with Crippen LogP contribution in [0.4, 0.5) is 10.1 Å². The van der Waals surface area contributed by atoms with E-state index in [1.807, 2.05) is 30.3 Å². The quantitative estimate of drug-likeness (QED) is 0.406. The van der Waals surface area contributed by atoms with Crippen LogP contribution in [0.3, 0.4) is 0 Å². The van der Waals surface area contributed by atoms with Crippen molar-refractivity contribution in [2.45, 2.75) is 19.3 Å². The highest BCUT2D eigenvalue weighted by molar-refractivity contribution is 5.94. The Labute approximate surface area is 246 Å². The fraction of sp³-hybridized carbons (Fsp3) is 0.394. The van der Waals surface area contributed by atoms with Crippen LogP contribution in [0.15, 0.2) is 66.7 Å². The minimum Gasteiger partial charge on any atom is -0.491 e. The molecule has 0 atom stereocenters. The molecule has 0 unspecified atom stereocenters. The summed E-state index contributed by atoms with van der Waals surface area (Å²) in [6.45, 7) is 4.75. The van der Waals surface area contributed by atoms with Gasteiger partial charge in [-0.2, -0.15) is 0 Å². The molecule has 2 aliphatic rings. The minimum atomic E-state index is -0.425. The summed E-state index contributed by atoms with van der Waals surface area (Å²) in [5.74, 6) is 0.373. The van der Waals surface area contributed by atoms with Crippen LogP contribution in [-0.4, -0.2) is 87.8 Å². The number of carbonyl (C=O) groups excluding carboxylic acids is 2. The van der Waals surface area contributed by atoms with Crippen LogP contribution in [-0.2, 0) is 16.0 Å². The van der Waals surface area contributed by atoms with Crippen molar-refractivity contribution in [1.82, 2.24) is 9.80 Å². The van der Waals surface area contributed by atoms with E-state index < -0.39 is 5.82 Å². The molecule has 1 saturated heterocycles. The molecule has 0 aliphatic carbocycles. The molecule has 2 amide bonds. The zero-order valence-electron chi connectivity index (χ0n) is 24.1. The van der Waals surface area contributed by atoms with E-state index in [9.17, 15) is 14.0 Å². The van der Waals surface area contributed by atoms with Gasteiger partial charge in [-0.3, -0.25) is 9.59 Å². The third-order valence-electron chi connectivity index (χ3n) is 7.64. The number of likely N-dealkylation sites (N-methyl/N-ethyl adjacent to an activating group) is 1. The summed E-state index contributed by atoms with van der Waals surface area (Å²) < 4.78 is 31.2. The molecule has 0 saturated carbocycles. The van der Waals surface area contributed by atoms with E-state index >= 15 is 0 Å². The lowest BCUT2D eigenvalue weighted by molar-refractivity contribution is -0.132. The second kappa shape index (κ2) is 14.2. The number of carbonyl (C=O) groups is 2. The number of morpholine rings is 1. The predicted molar refractivity (Wildman–Crippen MR) is 159 cm³/mol. The first-order valence-electron chi connectivity index (χ1n) is 14.6. The summed E-state index contributed by atoms with van der Waals surface area (Å²) in [6.07, 6.45) is 1.30. The maximum atomic E-state index is 13.8. The third kappa shape index (κ3) is 7.59. The van der Waals surface area contributed by atoms with Crippen molar-refractivity contribution < 1.29 is 28.2 Å². The van der Waals surface area contributed by atoms with Crippen molar-refractivity contribution in [2.24, 2.45) is 0 Å². The van der Waals surface area contributed by atoms with Gasteiger partial charge in [0, 0.05) is 62.9 Å².